The number of piperazine rings is 1. The number of carbonyl (C=O) groups excluding carboxylic acids is 1. The number of nitrogens with zero attached hydrogens (tertiary/aromatic N) is 2. The van der Waals surface area contributed by atoms with Crippen LogP contribution < -0.4 is 5.32 Å². The van der Waals surface area contributed by atoms with Crippen LogP contribution in [0.2, 0.25) is 0 Å². The minimum atomic E-state index is 0.0799. The summed E-state index contributed by atoms with van der Waals surface area (Å²) in [6.45, 7) is 9.36. The summed E-state index contributed by atoms with van der Waals surface area (Å²) < 4.78 is 0. The summed E-state index contributed by atoms with van der Waals surface area (Å²) >= 11 is 1.78. The zero-order valence-corrected chi connectivity index (χ0v) is 13.5. The molecule has 2 rings (SSSR count). The van der Waals surface area contributed by atoms with Gasteiger partial charge in [0.15, 0.2) is 0 Å². The molecule has 0 aromatic carbocycles. The number of likely N-dealkylation sites (N-methyl/N-ethyl adjacent to an activating group) is 1. The van der Waals surface area contributed by atoms with E-state index in [9.17, 15) is 4.79 Å². The summed E-state index contributed by atoms with van der Waals surface area (Å²) in [7, 11) is 2.10. The molecule has 2 heterocycles. The van der Waals surface area contributed by atoms with Gasteiger partial charge in [-0.1, -0.05) is 19.9 Å². The molecule has 1 aromatic heterocycles. The first-order valence-electron chi connectivity index (χ1n) is 7.20. The van der Waals surface area contributed by atoms with E-state index >= 15 is 0 Å². The Morgan fingerprint density at radius 3 is 2.65 bits per heavy atom. The molecule has 1 aliphatic rings. The quantitative estimate of drug-likeness (QED) is 0.892. The van der Waals surface area contributed by atoms with Crippen molar-refractivity contribution in [1.82, 2.24) is 15.1 Å². The third-order valence-electron chi connectivity index (χ3n) is 3.89. The van der Waals surface area contributed by atoms with Crippen LogP contribution in [0.15, 0.2) is 17.5 Å². The molecule has 1 aliphatic heterocycles. The van der Waals surface area contributed by atoms with E-state index in [0.29, 0.717) is 6.54 Å². The van der Waals surface area contributed by atoms with E-state index in [1.807, 2.05) is 4.90 Å². The summed E-state index contributed by atoms with van der Waals surface area (Å²) in [6, 6.07) is 4.24. The monoisotopic (exact) mass is 295 g/mol. The first-order chi connectivity index (χ1) is 9.49. The Balaban J connectivity index is 1.74. The van der Waals surface area contributed by atoms with Gasteiger partial charge in [0.1, 0.15) is 0 Å². The van der Waals surface area contributed by atoms with Crippen molar-refractivity contribution in [2.75, 3.05) is 46.3 Å². The second kappa shape index (κ2) is 6.70. The average molecular weight is 295 g/mol. The normalized spacial score (nSPS) is 17.4. The van der Waals surface area contributed by atoms with Crippen molar-refractivity contribution in [3.05, 3.63) is 22.4 Å². The summed E-state index contributed by atoms with van der Waals surface area (Å²) in [5.41, 5.74) is 0.0799. The van der Waals surface area contributed by atoms with E-state index in [-0.39, 0.29) is 11.3 Å². The molecule has 1 fully saturated rings. The Bertz CT molecular complexity index is 422. The molecule has 1 saturated heterocycles. The first-order valence-corrected chi connectivity index (χ1v) is 8.08. The van der Waals surface area contributed by atoms with E-state index in [2.05, 4.69) is 48.6 Å². The Hall–Kier alpha value is -0.910. The molecule has 4 nitrogen and oxygen atoms in total. The number of amides is 1. The zero-order valence-electron chi connectivity index (χ0n) is 12.7. The predicted molar refractivity (Wildman–Crippen MR) is 84.3 cm³/mol. The van der Waals surface area contributed by atoms with Gasteiger partial charge in [-0.2, -0.15) is 0 Å². The summed E-state index contributed by atoms with van der Waals surface area (Å²) in [5, 5.41) is 5.43. The van der Waals surface area contributed by atoms with Crippen molar-refractivity contribution in [3.8, 4) is 0 Å². The molecule has 5 heteroatoms. The van der Waals surface area contributed by atoms with Gasteiger partial charge in [-0.05, 0) is 18.5 Å². The highest BCUT2D eigenvalue weighted by Gasteiger charge is 2.23. The lowest BCUT2D eigenvalue weighted by molar-refractivity contribution is -0.131. The van der Waals surface area contributed by atoms with Gasteiger partial charge in [-0.15, -0.1) is 11.3 Å². The van der Waals surface area contributed by atoms with Crippen molar-refractivity contribution in [3.63, 3.8) is 0 Å². The Morgan fingerprint density at radius 1 is 1.35 bits per heavy atom. The zero-order chi connectivity index (χ0) is 14.6. The van der Waals surface area contributed by atoms with Crippen molar-refractivity contribution >= 4 is 17.2 Å². The van der Waals surface area contributed by atoms with Crippen LogP contribution in [0, 0.1) is 0 Å². The van der Waals surface area contributed by atoms with Gasteiger partial charge in [0.2, 0.25) is 5.91 Å². The maximum atomic E-state index is 12.1. The molecule has 0 aliphatic carbocycles. The van der Waals surface area contributed by atoms with Gasteiger partial charge in [0.05, 0.1) is 6.54 Å². The summed E-state index contributed by atoms with van der Waals surface area (Å²) in [5.74, 6) is 0.222. The highest BCUT2D eigenvalue weighted by molar-refractivity contribution is 7.10. The van der Waals surface area contributed by atoms with E-state index in [1.165, 1.54) is 4.88 Å². The largest absolute Gasteiger partial charge is 0.339 e. The third-order valence-corrected chi connectivity index (χ3v) is 5.12. The lowest BCUT2D eigenvalue weighted by Gasteiger charge is -2.33. The molecular formula is C15H25N3OS. The van der Waals surface area contributed by atoms with Crippen molar-refractivity contribution in [2.24, 2.45) is 0 Å². The van der Waals surface area contributed by atoms with Crippen LogP contribution in [0.25, 0.3) is 0 Å². The van der Waals surface area contributed by atoms with Crippen LogP contribution in [0.5, 0.6) is 0 Å². The highest BCUT2D eigenvalue weighted by atomic mass is 32.1. The molecule has 0 spiro atoms. The number of nitrogens with one attached hydrogen (secondary N) is 1. The molecule has 0 radical (unpaired) electrons. The molecule has 1 N–H and O–H groups in total. The van der Waals surface area contributed by atoms with E-state index < -0.39 is 0 Å². The minimum absolute atomic E-state index is 0.0799. The minimum Gasteiger partial charge on any atom is -0.339 e. The third kappa shape index (κ3) is 4.04. The second-order valence-corrected chi connectivity index (χ2v) is 7.10. The topological polar surface area (TPSA) is 35.6 Å². The van der Waals surface area contributed by atoms with Crippen LogP contribution in [-0.4, -0.2) is 62.0 Å². The van der Waals surface area contributed by atoms with Gasteiger partial charge in [0, 0.05) is 43.0 Å². The van der Waals surface area contributed by atoms with E-state index in [4.69, 9.17) is 0 Å². The highest BCUT2D eigenvalue weighted by Crippen LogP contribution is 2.26. The Morgan fingerprint density at radius 2 is 2.05 bits per heavy atom. The number of rotatable bonds is 5. The molecule has 112 valence electrons. The van der Waals surface area contributed by atoms with Gasteiger partial charge < -0.3 is 15.1 Å². The van der Waals surface area contributed by atoms with Crippen LogP contribution in [0.3, 0.4) is 0 Å². The first kappa shape index (κ1) is 15.5. The molecule has 0 atom stereocenters. The lowest BCUT2D eigenvalue weighted by atomic mass is 9.91. The van der Waals surface area contributed by atoms with Gasteiger partial charge in [-0.25, -0.2) is 0 Å². The fourth-order valence-electron chi connectivity index (χ4n) is 2.40. The van der Waals surface area contributed by atoms with Crippen molar-refractivity contribution in [1.29, 1.82) is 0 Å². The van der Waals surface area contributed by atoms with Crippen LogP contribution in [0.1, 0.15) is 18.7 Å². The Kier molecular flexibility index (Phi) is 5.18. The molecular weight excluding hydrogens is 270 g/mol. The standard InChI is InChI=1S/C15H25N3OS/c1-15(2,13-5-4-10-20-13)12-16-11-14(19)18-8-6-17(3)7-9-18/h4-5,10,16H,6-9,11-12H2,1-3H3. The van der Waals surface area contributed by atoms with Crippen molar-refractivity contribution in [2.45, 2.75) is 19.3 Å². The SMILES string of the molecule is CN1CCN(C(=O)CNCC(C)(C)c2cccs2)CC1. The van der Waals surface area contributed by atoms with Gasteiger partial charge in [0.25, 0.3) is 0 Å². The van der Waals surface area contributed by atoms with Crippen molar-refractivity contribution < 1.29 is 4.79 Å². The second-order valence-electron chi connectivity index (χ2n) is 6.15. The molecule has 0 saturated carbocycles. The number of hydrogen-bond acceptors (Lipinski definition) is 4. The summed E-state index contributed by atoms with van der Waals surface area (Å²) in [4.78, 5) is 17.7. The summed E-state index contributed by atoms with van der Waals surface area (Å²) in [6.07, 6.45) is 0. The van der Waals surface area contributed by atoms with Crippen LogP contribution in [-0.2, 0) is 10.2 Å². The van der Waals surface area contributed by atoms with E-state index in [1.54, 1.807) is 11.3 Å². The molecule has 1 amide bonds. The van der Waals surface area contributed by atoms with Gasteiger partial charge >= 0.3 is 0 Å². The lowest BCUT2D eigenvalue weighted by Crippen LogP contribution is -2.50. The maximum Gasteiger partial charge on any atom is 0.236 e. The average Bonchev–Trinajstić information content (AvgIpc) is 2.94. The van der Waals surface area contributed by atoms with E-state index in [0.717, 1.165) is 32.7 Å². The number of thiophene rings is 1. The smallest absolute Gasteiger partial charge is 0.236 e. The van der Waals surface area contributed by atoms with Gasteiger partial charge in [-0.3, -0.25) is 4.79 Å². The van der Waals surface area contributed by atoms with Crippen LogP contribution >= 0.6 is 11.3 Å². The fraction of sp³-hybridized carbons (Fsp3) is 0.667. The number of hydrogen-bond donors (Lipinski definition) is 1. The number of carbonyl (C=O) groups is 1. The Labute approximate surface area is 125 Å². The molecule has 0 bridgehead atoms. The van der Waals surface area contributed by atoms with Crippen LogP contribution in [0.4, 0.5) is 0 Å². The predicted octanol–water partition coefficient (Wildman–Crippen LogP) is 1.39. The fourth-order valence-corrected chi connectivity index (χ4v) is 3.25. The molecule has 0 unspecified atom stereocenters. The molecule has 20 heavy (non-hydrogen) atoms. The molecule has 1 aromatic rings. The maximum absolute atomic E-state index is 12.1.